The molecule has 8 aromatic rings. The van der Waals surface area contributed by atoms with Gasteiger partial charge in [0.2, 0.25) is 0 Å². The molecule has 1 heterocycles. The van der Waals surface area contributed by atoms with Gasteiger partial charge < -0.3 is 4.57 Å². The minimum atomic E-state index is -3.16. The van der Waals surface area contributed by atoms with Crippen molar-refractivity contribution in [3.05, 3.63) is 176 Å². The summed E-state index contributed by atoms with van der Waals surface area (Å²) in [6.45, 7) is 0. The molecule has 45 heavy (non-hydrogen) atoms. The lowest BCUT2D eigenvalue weighted by molar-refractivity contribution is 0.592. The van der Waals surface area contributed by atoms with E-state index in [1.54, 1.807) is 0 Å². The van der Waals surface area contributed by atoms with Crippen LogP contribution in [0.4, 0.5) is 0 Å². The van der Waals surface area contributed by atoms with Crippen LogP contribution in [0.25, 0.3) is 49.7 Å². The van der Waals surface area contributed by atoms with Crippen LogP contribution in [0.5, 0.6) is 0 Å². The second-order valence-electron chi connectivity index (χ2n) is 11.2. The van der Waals surface area contributed by atoms with Crippen molar-refractivity contribution in [1.82, 2.24) is 9.78 Å². The molecule has 3 nitrogen and oxygen atoms in total. The van der Waals surface area contributed by atoms with E-state index in [-0.39, 0.29) is 0 Å². The van der Waals surface area contributed by atoms with Crippen LogP contribution in [-0.2, 0) is 4.57 Å². The third-order valence-corrected chi connectivity index (χ3v) is 11.5. The van der Waals surface area contributed by atoms with E-state index in [1.807, 2.05) is 91.0 Å². The fourth-order valence-electron chi connectivity index (χ4n) is 6.35. The second-order valence-corrected chi connectivity index (χ2v) is 13.9. The Hall–Kier alpha value is -5.50. The molecule has 0 bridgehead atoms. The van der Waals surface area contributed by atoms with Crippen molar-refractivity contribution in [3.63, 3.8) is 0 Å². The molecule has 214 valence electrons. The normalized spacial score (nSPS) is 11.6. The van der Waals surface area contributed by atoms with Crippen LogP contribution in [0, 0.1) is 0 Å². The monoisotopic (exact) mass is 596 g/mol. The maximum absolute atomic E-state index is 15.3. The molecule has 0 saturated heterocycles. The van der Waals surface area contributed by atoms with Crippen LogP contribution in [0.15, 0.2) is 176 Å². The Labute approximate surface area is 262 Å². The summed E-state index contributed by atoms with van der Waals surface area (Å²) < 4.78 is 17.4. The predicted octanol–water partition coefficient (Wildman–Crippen LogP) is 9.15. The summed E-state index contributed by atoms with van der Waals surface area (Å²) in [5, 5.41) is 10.9. The Morgan fingerprint density at radius 3 is 1.58 bits per heavy atom. The number of benzene rings is 7. The molecular formula is C41H29N2OP. The van der Waals surface area contributed by atoms with E-state index >= 15 is 4.57 Å². The van der Waals surface area contributed by atoms with E-state index in [9.17, 15) is 0 Å². The summed E-state index contributed by atoms with van der Waals surface area (Å²) in [5.74, 6) is 0. The van der Waals surface area contributed by atoms with Gasteiger partial charge in [-0.15, -0.1) is 0 Å². The third-order valence-electron chi connectivity index (χ3n) is 8.48. The van der Waals surface area contributed by atoms with Crippen molar-refractivity contribution in [2.45, 2.75) is 0 Å². The van der Waals surface area contributed by atoms with E-state index in [0.29, 0.717) is 0 Å². The Morgan fingerprint density at radius 2 is 1.00 bits per heavy atom. The Kier molecular flexibility index (Phi) is 6.74. The standard InChI is InChI=1S/C41H29N2OP/c44-45(34-22-12-4-13-23-34,35-24-14-5-15-25-35)36-26-27-37-32(28-36)29-38(30-16-6-1-7-17-30)39-40(31-18-8-2-9-19-31)42-43(41(37)39)33-20-10-3-11-21-33/h1-29H. The minimum Gasteiger partial charge on any atom is -0.309 e. The quantitative estimate of drug-likeness (QED) is 0.180. The first-order valence-electron chi connectivity index (χ1n) is 15.1. The second kappa shape index (κ2) is 11.2. The molecule has 7 aromatic carbocycles. The lowest BCUT2D eigenvalue weighted by Gasteiger charge is -2.21. The molecule has 0 aliphatic carbocycles. The van der Waals surface area contributed by atoms with E-state index in [4.69, 9.17) is 5.10 Å². The van der Waals surface area contributed by atoms with E-state index in [0.717, 1.165) is 65.7 Å². The van der Waals surface area contributed by atoms with Crippen LogP contribution < -0.4 is 15.9 Å². The summed E-state index contributed by atoms with van der Waals surface area (Å²) in [5.41, 5.74) is 6.19. The first-order valence-corrected chi connectivity index (χ1v) is 16.8. The van der Waals surface area contributed by atoms with Gasteiger partial charge in [-0.05, 0) is 40.8 Å². The van der Waals surface area contributed by atoms with Gasteiger partial charge in [0.05, 0.1) is 11.2 Å². The lowest BCUT2D eigenvalue weighted by atomic mass is 9.94. The number of rotatable bonds is 6. The van der Waals surface area contributed by atoms with Crippen molar-refractivity contribution < 1.29 is 4.57 Å². The largest absolute Gasteiger partial charge is 0.309 e. The molecule has 0 amide bonds. The highest BCUT2D eigenvalue weighted by Crippen LogP contribution is 2.45. The molecule has 0 radical (unpaired) electrons. The van der Waals surface area contributed by atoms with Gasteiger partial charge >= 0.3 is 0 Å². The fraction of sp³-hybridized carbons (Fsp3) is 0. The van der Waals surface area contributed by atoms with Crippen LogP contribution in [0.3, 0.4) is 0 Å². The molecule has 4 heteroatoms. The smallest absolute Gasteiger partial charge is 0.171 e. The topological polar surface area (TPSA) is 34.9 Å². The van der Waals surface area contributed by atoms with Crippen LogP contribution in [-0.4, -0.2) is 9.78 Å². The average Bonchev–Trinajstić information content (AvgIpc) is 3.54. The van der Waals surface area contributed by atoms with Gasteiger partial charge in [0.1, 0.15) is 5.69 Å². The zero-order valence-electron chi connectivity index (χ0n) is 24.5. The molecule has 0 N–H and O–H groups in total. The highest BCUT2D eigenvalue weighted by molar-refractivity contribution is 7.85. The molecule has 0 aliphatic rings. The molecule has 0 saturated carbocycles. The van der Waals surface area contributed by atoms with Crippen molar-refractivity contribution in [2.75, 3.05) is 0 Å². The first-order chi connectivity index (χ1) is 22.2. The van der Waals surface area contributed by atoms with Crippen LogP contribution in [0.2, 0.25) is 0 Å². The summed E-state index contributed by atoms with van der Waals surface area (Å²) >= 11 is 0. The van der Waals surface area contributed by atoms with Crippen molar-refractivity contribution >= 4 is 44.7 Å². The molecule has 0 aliphatic heterocycles. The van der Waals surface area contributed by atoms with Crippen molar-refractivity contribution in [2.24, 2.45) is 0 Å². The van der Waals surface area contributed by atoms with E-state index in [2.05, 4.69) is 89.6 Å². The number of fused-ring (bicyclic) bond motifs is 3. The zero-order valence-corrected chi connectivity index (χ0v) is 25.4. The van der Waals surface area contributed by atoms with Gasteiger partial charge in [-0.2, -0.15) is 5.10 Å². The highest BCUT2D eigenvalue weighted by atomic mass is 31.2. The van der Waals surface area contributed by atoms with E-state index < -0.39 is 7.14 Å². The number of aromatic nitrogens is 2. The Balaban J connectivity index is 1.49. The highest BCUT2D eigenvalue weighted by Gasteiger charge is 2.30. The predicted molar refractivity (Wildman–Crippen MR) is 189 cm³/mol. The van der Waals surface area contributed by atoms with Crippen molar-refractivity contribution in [3.8, 4) is 28.1 Å². The molecule has 1 aromatic heterocycles. The minimum absolute atomic E-state index is 0.805. The fourth-order valence-corrected chi connectivity index (χ4v) is 9.04. The van der Waals surface area contributed by atoms with Gasteiger partial charge in [0.25, 0.3) is 0 Å². The van der Waals surface area contributed by atoms with Gasteiger partial charge in [0, 0.05) is 32.2 Å². The lowest BCUT2D eigenvalue weighted by Crippen LogP contribution is -2.24. The van der Waals surface area contributed by atoms with Gasteiger partial charge in [-0.1, -0.05) is 152 Å². The maximum atomic E-state index is 15.3. The van der Waals surface area contributed by atoms with Gasteiger partial charge in [-0.3, -0.25) is 0 Å². The average molecular weight is 597 g/mol. The van der Waals surface area contributed by atoms with Gasteiger partial charge in [-0.25, -0.2) is 4.68 Å². The van der Waals surface area contributed by atoms with E-state index in [1.165, 1.54) is 0 Å². The summed E-state index contributed by atoms with van der Waals surface area (Å²) in [7, 11) is -3.16. The SMILES string of the molecule is O=P(c1ccccc1)(c1ccccc1)c1ccc2c(c1)cc(-c1ccccc1)c1c(-c3ccccc3)nn(-c3ccccc3)c12. The summed E-state index contributed by atoms with van der Waals surface area (Å²) in [6.07, 6.45) is 0. The number of hydrogen-bond acceptors (Lipinski definition) is 2. The molecule has 0 spiro atoms. The molecule has 0 atom stereocenters. The third kappa shape index (κ3) is 4.61. The van der Waals surface area contributed by atoms with Crippen LogP contribution >= 0.6 is 7.14 Å². The Morgan fingerprint density at radius 1 is 0.489 bits per heavy atom. The first kappa shape index (κ1) is 27.1. The maximum Gasteiger partial charge on any atom is 0.171 e. The molecule has 0 unspecified atom stereocenters. The number of para-hydroxylation sites is 1. The van der Waals surface area contributed by atoms with Crippen molar-refractivity contribution in [1.29, 1.82) is 0 Å². The van der Waals surface area contributed by atoms with Crippen LogP contribution in [0.1, 0.15) is 0 Å². The number of nitrogens with zero attached hydrogens (tertiary/aromatic N) is 2. The molecule has 8 rings (SSSR count). The summed E-state index contributed by atoms with van der Waals surface area (Å²) in [6, 6.07) is 59.5. The Bertz CT molecular complexity index is 2270. The van der Waals surface area contributed by atoms with Gasteiger partial charge in [0.15, 0.2) is 7.14 Å². The molecular weight excluding hydrogens is 567 g/mol. The summed E-state index contributed by atoms with van der Waals surface area (Å²) in [4.78, 5) is 0. The zero-order chi connectivity index (χ0) is 30.2. The molecule has 0 fully saturated rings. The number of hydrogen-bond donors (Lipinski definition) is 0.